The van der Waals surface area contributed by atoms with Crippen LogP contribution >= 0.6 is 11.6 Å². The number of aromatic nitrogens is 4. The van der Waals surface area contributed by atoms with Crippen LogP contribution in [0.3, 0.4) is 0 Å². The molecule has 0 saturated heterocycles. The fourth-order valence-electron chi connectivity index (χ4n) is 2.77. The lowest BCUT2D eigenvalue weighted by atomic mass is 10.2. The zero-order valence-electron chi connectivity index (χ0n) is 14.6. The number of imidazole rings is 1. The normalized spacial score (nSPS) is 11.1. The van der Waals surface area contributed by atoms with E-state index < -0.39 is 11.2 Å². The summed E-state index contributed by atoms with van der Waals surface area (Å²) < 4.78 is 3.54. The van der Waals surface area contributed by atoms with Gasteiger partial charge in [0.15, 0.2) is 11.2 Å². The number of rotatable bonds is 4. The highest BCUT2D eigenvalue weighted by Crippen LogP contribution is 2.16. The molecule has 0 fully saturated rings. The second-order valence-corrected chi connectivity index (χ2v) is 6.42. The molecule has 0 aliphatic rings. The summed E-state index contributed by atoms with van der Waals surface area (Å²) >= 11 is 6.14. The Kier molecular flexibility index (Phi) is 4.69. The van der Waals surface area contributed by atoms with Crippen molar-refractivity contribution in [3.8, 4) is 0 Å². The summed E-state index contributed by atoms with van der Waals surface area (Å²) in [4.78, 5) is 42.7. The smallest absolute Gasteiger partial charge is 0.332 e. The lowest BCUT2D eigenvalue weighted by Gasteiger charge is -2.18. The summed E-state index contributed by atoms with van der Waals surface area (Å²) in [7, 11) is 4.55. The number of benzene rings is 1. The molecule has 8 nitrogen and oxygen atoms in total. The summed E-state index contributed by atoms with van der Waals surface area (Å²) in [6.45, 7) is 0.284. The van der Waals surface area contributed by atoms with Gasteiger partial charge in [0.2, 0.25) is 11.2 Å². The highest BCUT2D eigenvalue weighted by molar-refractivity contribution is 6.29. The van der Waals surface area contributed by atoms with Crippen molar-refractivity contribution in [3.05, 3.63) is 62.0 Å². The monoisotopic (exact) mass is 375 g/mol. The first-order valence-electron chi connectivity index (χ1n) is 7.91. The van der Waals surface area contributed by atoms with E-state index in [1.165, 1.54) is 23.2 Å². The summed E-state index contributed by atoms with van der Waals surface area (Å²) in [6, 6.07) is 9.56. The maximum atomic E-state index is 12.6. The Labute approximate surface area is 153 Å². The van der Waals surface area contributed by atoms with Gasteiger partial charge in [-0.1, -0.05) is 30.3 Å². The zero-order chi connectivity index (χ0) is 19.0. The minimum atomic E-state index is -0.541. The van der Waals surface area contributed by atoms with Crippen LogP contribution in [0.15, 0.2) is 39.9 Å². The number of carbonyl (C=O) groups excluding carboxylic acids is 1. The van der Waals surface area contributed by atoms with Crippen molar-refractivity contribution in [3.63, 3.8) is 0 Å². The summed E-state index contributed by atoms with van der Waals surface area (Å²) in [6.07, 6.45) is 0. The molecule has 0 aliphatic heterocycles. The van der Waals surface area contributed by atoms with E-state index in [-0.39, 0.29) is 28.9 Å². The molecule has 1 aromatic carbocycles. The third-order valence-electron chi connectivity index (χ3n) is 4.28. The highest BCUT2D eigenvalue weighted by Gasteiger charge is 2.21. The first-order chi connectivity index (χ1) is 12.3. The predicted molar refractivity (Wildman–Crippen MR) is 98.1 cm³/mol. The minimum Gasteiger partial charge on any atom is -0.340 e. The molecule has 0 saturated carbocycles. The van der Waals surface area contributed by atoms with Crippen LogP contribution in [0, 0.1) is 0 Å². The van der Waals surface area contributed by atoms with E-state index in [9.17, 15) is 14.4 Å². The first-order valence-corrected chi connectivity index (χ1v) is 8.28. The Morgan fingerprint density at radius 1 is 1.15 bits per heavy atom. The third-order valence-corrected chi connectivity index (χ3v) is 4.57. The Morgan fingerprint density at radius 3 is 2.46 bits per heavy atom. The molecule has 3 aromatic rings. The van der Waals surface area contributed by atoms with Crippen LogP contribution < -0.4 is 11.2 Å². The molecule has 0 aliphatic carbocycles. The van der Waals surface area contributed by atoms with Crippen molar-refractivity contribution >= 4 is 28.7 Å². The number of aryl methyl sites for hydroxylation is 1. The van der Waals surface area contributed by atoms with Crippen LogP contribution in [0.2, 0.25) is 5.28 Å². The van der Waals surface area contributed by atoms with Crippen molar-refractivity contribution < 1.29 is 4.79 Å². The molecule has 0 radical (unpaired) electrons. The van der Waals surface area contributed by atoms with E-state index in [2.05, 4.69) is 4.98 Å². The molecular formula is C17H18ClN5O3. The summed E-state index contributed by atoms with van der Waals surface area (Å²) in [5, 5.41) is -0.0141. The predicted octanol–water partition coefficient (Wildman–Crippen LogP) is 0.746. The molecular weight excluding hydrogens is 358 g/mol. The number of likely N-dealkylation sites (N-methyl/N-ethyl adjacent to an activating group) is 1. The highest BCUT2D eigenvalue weighted by atomic mass is 35.5. The van der Waals surface area contributed by atoms with Crippen molar-refractivity contribution in [2.75, 3.05) is 7.05 Å². The van der Waals surface area contributed by atoms with Gasteiger partial charge < -0.3 is 4.90 Å². The number of halogens is 1. The van der Waals surface area contributed by atoms with E-state index in [4.69, 9.17) is 11.6 Å². The van der Waals surface area contributed by atoms with Gasteiger partial charge in [-0.3, -0.25) is 23.3 Å². The second kappa shape index (κ2) is 6.80. The molecule has 2 heterocycles. The van der Waals surface area contributed by atoms with Crippen LogP contribution in [0.1, 0.15) is 5.56 Å². The van der Waals surface area contributed by atoms with E-state index in [0.717, 1.165) is 10.1 Å². The summed E-state index contributed by atoms with van der Waals surface area (Å²) in [5.74, 6) is -0.231. The third kappa shape index (κ3) is 3.03. The van der Waals surface area contributed by atoms with E-state index in [0.29, 0.717) is 6.54 Å². The summed E-state index contributed by atoms with van der Waals surface area (Å²) in [5.41, 5.74) is 0.225. The fourth-order valence-corrected chi connectivity index (χ4v) is 2.99. The van der Waals surface area contributed by atoms with Crippen LogP contribution in [-0.2, 0) is 32.0 Å². The quantitative estimate of drug-likeness (QED) is 0.630. The number of hydrogen-bond donors (Lipinski definition) is 0. The van der Waals surface area contributed by atoms with Crippen LogP contribution in [0.5, 0.6) is 0 Å². The largest absolute Gasteiger partial charge is 0.340 e. The zero-order valence-corrected chi connectivity index (χ0v) is 15.4. The lowest BCUT2D eigenvalue weighted by molar-refractivity contribution is -0.131. The Bertz CT molecular complexity index is 1100. The molecule has 0 bridgehead atoms. The molecule has 0 atom stereocenters. The molecule has 26 heavy (non-hydrogen) atoms. The van der Waals surface area contributed by atoms with Crippen molar-refractivity contribution in [1.29, 1.82) is 0 Å². The van der Waals surface area contributed by atoms with Crippen molar-refractivity contribution in [2.24, 2.45) is 14.1 Å². The SMILES string of the molecule is CN(Cc1ccccc1)C(=O)Cn1c(Cl)nc2c1c(=O)n(C)c(=O)n2C. The molecule has 0 unspecified atom stereocenters. The molecule has 0 N–H and O–H groups in total. The van der Waals surface area contributed by atoms with Crippen molar-refractivity contribution in [1.82, 2.24) is 23.6 Å². The number of carbonyl (C=O) groups is 1. The number of hydrogen-bond acceptors (Lipinski definition) is 4. The molecule has 1 amide bonds. The van der Waals surface area contributed by atoms with E-state index in [1.54, 1.807) is 11.9 Å². The average molecular weight is 376 g/mol. The van der Waals surface area contributed by atoms with Gasteiger partial charge in [0.1, 0.15) is 6.54 Å². The number of fused-ring (bicyclic) bond motifs is 1. The maximum Gasteiger partial charge on any atom is 0.332 e. The first kappa shape index (κ1) is 17.9. The van der Waals surface area contributed by atoms with Crippen LogP contribution in [0.25, 0.3) is 11.2 Å². The van der Waals surface area contributed by atoms with Gasteiger partial charge in [-0.25, -0.2) is 4.79 Å². The van der Waals surface area contributed by atoms with E-state index in [1.807, 2.05) is 30.3 Å². The Morgan fingerprint density at radius 2 is 1.81 bits per heavy atom. The second-order valence-electron chi connectivity index (χ2n) is 6.08. The molecule has 3 rings (SSSR count). The van der Waals surface area contributed by atoms with Gasteiger partial charge in [-0.05, 0) is 17.2 Å². The van der Waals surface area contributed by atoms with Crippen LogP contribution in [-0.4, -0.2) is 36.5 Å². The van der Waals surface area contributed by atoms with Gasteiger partial charge in [0.05, 0.1) is 0 Å². The number of nitrogens with zero attached hydrogens (tertiary/aromatic N) is 5. The van der Waals surface area contributed by atoms with E-state index >= 15 is 0 Å². The Balaban J connectivity index is 1.96. The van der Waals surface area contributed by atoms with Gasteiger partial charge in [-0.15, -0.1) is 0 Å². The Hall–Kier alpha value is -2.87. The molecule has 2 aromatic heterocycles. The standard InChI is InChI=1S/C17H18ClN5O3/c1-20(9-11-7-5-4-6-8-11)12(24)10-23-13-14(19-16(23)18)21(2)17(26)22(3)15(13)25/h4-8H,9-10H2,1-3H3. The topological polar surface area (TPSA) is 82.1 Å². The number of amides is 1. The lowest BCUT2D eigenvalue weighted by Crippen LogP contribution is -2.38. The van der Waals surface area contributed by atoms with Gasteiger partial charge in [0.25, 0.3) is 5.56 Å². The van der Waals surface area contributed by atoms with Crippen molar-refractivity contribution in [2.45, 2.75) is 13.1 Å². The maximum absolute atomic E-state index is 12.6. The van der Waals surface area contributed by atoms with Crippen LogP contribution in [0.4, 0.5) is 0 Å². The van der Waals surface area contributed by atoms with Gasteiger partial charge >= 0.3 is 5.69 Å². The minimum absolute atomic E-state index is 0.0141. The van der Waals surface area contributed by atoms with Gasteiger partial charge in [-0.2, -0.15) is 4.98 Å². The molecule has 0 spiro atoms. The van der Waals surface area contributed by atoms with Gasteiger partial charge in [0, 0.05) is 27.7 Å². The fraction of sp³-hybridized carbons (Fsp3) is 0.294. The molecule has 136 valence electrons. The molecule has 9 heteroatoms. The average Bonchev–Trinajstić information content (AvgIpc) is 2.95.